The lowest BCUT2D eigenvalue weighted by Crippen LogP contribution is -2.21. The Balaban J connectivity index is 1.15. The van der Waals surface area contributed by atoms with E-state index in [1.165, 1.54) is 17.2 Å². The van der Waals surface area contributed by atoms with Gasteiger partial charge < -0.3 is 9.88 Å². The molecule has 1 aliphatic carbocycles. The molecule has 2 heterocycles. The third-order valence-corrected chi connectivity index (χ3v) is 6.11. The quantitative estimate of drug-likeness (QED) is 0.392. The molecule has 0 bridgehead atoms. The minimum Gasteiger partial charge on any atom is -0.326 e. The van der Waals surface area contributed by atoms with Gasteiger partial charge in [0.15, 0.2) is 0 Å². The van der Waals surface area contributed by atoms with Gasteiger partial charge in [-0.3, -0.25) is 9.59 Å². The van der Waals surface area contributed by atoms with E-state index in [4.69, 9.17) is 0 Å². The van der Waals surface area contributed by atoms with E-state index in [0.29, 0.717) is 24.3 Å². The molecule has 0 atom stereocenters. The summed E-state index contributed by atoms with van der Waals surface area (Å²) in [4.78, 5) is 24.7. The molecule has 0 aliphatic heterocycles. The van der Waals surface area contributed by atoms with Crippen molar-refractivity contribution in [3.8, 4) is 11.8 Å². The zero-order valence-corrected chi connectivity index (χ0v) is 20.4. The molecule has 1 N–H and O–H groups in total. The standard InChI is InChI=1S/C31H26N4O2/c36-30(20-24-11-5-2-6-12-24)32-27-14-16-35(31(37)22-27)15-8-7-13-28-21-26-18-25(19-29(26)34-33-28)17-23-9-3-1-4-10-23/h1-6,9-12,14,16,18,21-22H,8,15,17,19-20H2,(H,32,36). The fourth-order valence-corrected chi connectivity index (χ4v) is 4.30. The molecule has 0 saturated heterocycles. The highest BCUT2D eigenvalue weighted by Crippen LogP contribution is 2.25. The summed E-state index contributed by atoms with van der Waals surface area (Å²) >= 11 is 0. The molecule has 37 heavy (non-hydrogen) atoms. The number of nitrogens with one attached hydrogen (secondary N) is 1. The van der Waals surface area contributed by atoms with Gasteiger partial charge in [-0.05, 0) is 35.6 Å². The summed E-state index contributed by atoms with van der Waals surface area (Å²) in [5.41, 5.74) is 6.51. The average Bonchev–Trinajstić information content (AvgIpc) is 3.30. The van der Waals surface area contributed by atoms with Crippen LogP contribution in [0.4, 0.5) is 5.69 Å². The van der Waals surface area contributed by atoms with Gasteiger partial charge in [-0.1, -0.05) is 78.2 Å². The van der Waals surface area contributed by atoms with Gasteiger partial charge in [0.1, 0.15) is 5.69 Å². The minimum atomic E-state index is -0.187. The molecule has 0 radical (unpaired) electrons. The summed E-state index contributed by atoms with van der Waals surface area (Å²) in [5, 5.41) is 11.4. The predicted molar refractivity (Wildman–Crippen MR) is 145 cm³/mol. The van der Waals surface area contributed by atoms with Gasteiger partial charge in [-0.15, -0.1) is 5.10 Å². The van der Waals surface area contributed by atoms with Gasteiger partial charge >= 0.3 is 0 Å². The third kappa shape index (κ3) is 6.47. The fourth-order valence-electron chi connectivity index (χ4n) is 4.30. The number of hydrogen-bond donors (Lipinski definition) is 1. The van der Waals surface area contributed by atoms with Crippen molar-refractivity contribution in [2.75, 3.05) is 5.32 Å². The van der Waals surface area contributed by atoms with Crippen LogP contribution >= 0.6 is 0 Å². The SMILES string of the molecule is O=C(Cc1ccccc1)Nc1ccn(CCC#Cc2cc3c(nn2)CC(Cc2ccccc2)=C3)c(=O)c1. The number of pyridine rings is 1. The van der Waals surface area contributed by atoms with E-state index >= 15 is 0 Å². The van der Waals surface area contributed by atoms with Crippen molar-refractivity contribution in [1.29, 1.82) is 0 Å². The van der Waals surface area contributed by atoms with Crippen LogP contribution in [0.25, 0.3) is 6.08 Å². The molecule has 1 aliphatic rings. The topological polar surface area (TPSA) is 76.9 Å². The molecule has 0 saturated carbocycles. The van der Waals surface area contributed by atoms with Gasteiger partial charge in [-0.2, -0.15) is 5.10 Å². The van der Waals surface area contributed by atoms with Crippen LogP contribution in [0.3, 0.4) is 0 Å². The van der Waals surface area contributed by atoms with Crippen LogP contribution in [0.2, 0.25) is 0 Å². The van der Waals surface area contributed by atoms with E-state index in [0.717, 1.165) is 29.7 Å². The highest BCUT2D eigenvalue weighted by molar-refractivity contribution is 5.92. The Morgan fingerprint density at radius 2 is 1.70 bits per heavy atom. The van der Waals surface area contributed by atoms with Crippen LogP contribution in [-0.4, -0.2) is 20.7 Å². The molecule has 182 valence electrons. The average molecular weight is 487 g/mol. The van der Waals surface area contributed by atoms with Gasteiger partial charge in [0.05, 0.1) is 12.1 Å². The van der Waals surface area contributed by atoms with E-state index in [-0.39, 0.29) is 17.9 Å². The highest BCUT2D eigenvalue weighted by Gasteiger charge is 2.15. The molecule has 0 fully saturated rings. The zero-order chi connectivity index (χ0) is 25.5. The Labute approximate surface area is 215 Å². The number of nitrogens with zero attached hydrogens (tertiary/aromatic N) is 3. The van der Waals surface area contributed by atoms with Crippen molar-refractivity contribution in [2.24, 2.45) is 0 Å². The summed E-state index contributed by atoms with van der Waals surface area (Å²) in [6.07, 6.45) is 6.33. The van der Waals surface area contributed by atoms with Crippen LogP contribution in [0.15, 0.2) is 95.4 Å². The van der Waals surface area contributed by atoms with Gasteiger partial charge in [-0.25, -0.2) is 0 Å². The molecule has 4 aromatic rings. The first-order chi connectivity index (χ1) is 18.1. The zero-order valence-electron chi connectivity index (χ0n) is 20.4. The largest absolute Gasteiger partial charge is 0.326 e. The lowest BCUT2D eigenvalue weighted by Gasteiger charge is -2.07. The minimum absolute atomic E-state index is 0.160. The Kier molecular flexibility index (Phi) is 7.33. The number of fused-ring (bicyclic) bond motifs is 1. The smallest absolute Gasteiger partial charge is 0.252 e. The highest BCUT2D eigenvalue weighted by atomic mass is 16.1. The van der Waals surface area contributed by atoms with Crippen LogP contribution in [0.5, 0.6) is 0 Å². The van der Waals surface area contributed by atoms with Crippen LogP contribution in [-0.2, 0) is 30.6 Å². The second kappa shape index (κ2) is 11.3. The first-order valence-electron chi connectivity index (χ1n) is 12.3. The van der Waals surface area contributed by atoms with E-state index < -0.39 is 0 Å². The lowest BCUT2D eigenvalue weighted by molar-refractivity contribution is -0.115. The van der Waals surface area contributed by atoms with Crippen molar-refractivity contribution in [1.82, 2.24) is 14.8 Å². The maximum Gasteiger partial charge on any atom is 0.252 e. The van der Waals surface area contributed by atoms with E-state index in [9.17, 15) is 9.59 Å². The molecule has 5 rings (SSSR count). The maximum absolute atomic E-state index is 12.5. The van der Waals surface area contributed by atoms with Crippen LogP contribution in [0, 0.1) is 11.8 Å². The van der Waals surface area contributed by atoms with E-state index in [2.05, 4.69) is 57.7 Å². The molecule has 6 nitrogen and oxygen atoms in total. The number of carbonyl (C=O) groups excluding carboxylic acids is 1. The second-order valence-corrected chi connectivity index (χ2v) is 8.98. The first kappa shape index (κ1) is 24.0. The summed E-state index contributed by atoms with van der Waals surface area (Å²) in [7, 11) is 0. The number of rotatable bonds is 7. The van der Waals surface area contributed by atoms with Gasteiger partial charge in [0.2, 0.25) is 5.91 Å². The Morgan fingerprint density at radius 3 is 2.46 bits per heavy atom. The summed E-state index contributed by atoms with van der Waals surface area (Å²) in [6.45, 7) is 0.448. The van der Waals surface area contributed by atoms with Gasteiger partial charge in [0.25, 0.3) is 5.56 Å². The van der Waals surface area contributed by atoms with Crippen molar-refractivity contribution in [3.63, 3.8) is 0 Å². The van der Waals surface area contributed by atoms with Crippen LogP contribution in [0.1, 0.15) is 34.5 Å². The molecular formula is C31H26N4O2. The first-order valence-corrected chi connectivity index (χ1v) is 12.3. The number of aryl methyl sites for hydroxylation is 1. The van der Waals surface area contributed by atoms with Crippen molar-refractivity contribution >= 4 is 17.7 Å². The number of benzene rings is 2. The molecule has 1 amide bonds. The molecule has 2 aromatic carbocycles. The summed E-state index contributed by atoms with van der Waals surface area (Å²) in [6, 6.07) is 25.0. The summed E-state index contributed by atoms with van der Waals surface area (Å²) < 4.78 is 1.58. The van der Waals surface area contributed by atoms with Gasteiger partial charge in [0, 0.05) is 42.9 Å². The summed E-state index contributed by atoms with van der Waals surface area (Å²) in [5.74, 6) is 5.99. The molecule has 2 aromatic heterocycles. The number of hydrogen-bond acceptors (Lipinski definition) is 4. The monoisotopic (exact) mass is 486 g/mol. The van der Waals surface area contributed by atoms with E-state index in [1.54, 1.807) is 16.8 Å². The molecular weight excluding hydrogens is 460 g/mol. The number of amides is 1. The van der Waals surface area contributed by atoms with Crippen molar-refractivity contribution in [2.45, 2.75) is 32.2 Å². The van der Waals surface area contributed by atoms with E-state index in [1.807, 2.05) is 42.5 Å². The molecule has 6 heteroatoms. The molecule has 0 unspecified atom stereocenters. The molecule has 0 spiro atoms. The third-order valence-electron chi connectivity index (χ3n) is 6.11. The van der Waals surface area contributed by atoms with Crippen molar-refractivity contribution in [3.05, 3.63) is 129 Å². The maximum atomic E-state index is 12.5. The number of carbonyl (C=O) groups is 1. The predicted octanol–water partition coefficient (Wildman–Crippen LogP) is 4.44. The fraction of sp³-hybridized carbons (Fsp3) is 0.161. The number of aromatic nitrogens is 3. The Bertz CT molecular complexity index is 1560. The second-order valence-electron chi connectivity index (χ2n) is 8.98. The Hall–Kier alpha value is -4.76. The van der Waals surface area contributed by atoms with Crippen molar-refractivity contribution < 1.29 is 4.79 Å². The van der Waals surface area contributed by atoms with Crippen LogP contribution < -0.4 is 10.9 Å². The normalized spacial score (nSPS) is 11.7. The Morgan fingerprint density at radius 1 is 0.946 bits per heavy atom. The number of anilines is 1. The number of allylic oxidation sites excluding steroid dienone is 1. The lowest BCUT2D eigenvalue weighted by atomic mass is 10.0.